The molecule has 4 rings (SSSR count). The zero-order valence-electron chi connectivity index (χ0n) is 19.5. The lowest BCUT2D eigenvalue weighted by Gasteiger charge is -2.44. The summed E-state index contributed by atoms with van der Waals surface area (Å²) < 4.78 is 48.0. The van der Waals surface area contributed by atoms with Crippen molar-refractivity contribution < 1.29 is 27.8 Å². The van der Waals surface area contributed by atoms with Crippen LogP contribution in [0.2, 0.25) is 0 Å². The Morgan fingerprint density at radius 3 is 2.29 bits per heavy atom. The molecule has 1 saturated carbocycles. The van der Waals surface area contributed by atoms with Gasteiger partial charge >= 0.3 is 6.36 Å². The number of likely N-dealkylation sites (tertiary alicyclic amines) is 1. The largest absolute Gasteiger partial charge is 0.573 e. The smallest absolute Gasteiger partial charge is 0.406 e. The number of ether oxygens (including phenoxy) is 2. The van der Waals surface area contributed by atoms with Gasteiger partial charge in [-0.1, -0.05) is 31.4 Å². The van der Waals surface area contributed by atoms with E-state index in [-0.39, 0.29) is 36.5 Å². The fraction of sp³-hybridized carbons (Fsp3) is 0.750. The van der Waals surface area contributed by atoms with Gasteiger partial charge in [0.15, 0.2) is 0 Å². The first-order valence-corrected chi connectivity index (χ1v) is 11.9. The van der Waals surface area contributed by atoms with E-state index in [0.717, 1.165) is 77.1 Å². The fourth-order valence-electron chi connectivity index (χ4n) is 5.69. The number of alkyl halides is 3. The monoisotopic (exact) mass is 528 g/mol. The summed E-state index contributed by atoms with van der Waals surface area (Å²) >= 11 is 0. The van der Waals surface area contributed by atoms with Crippen molar-refractivity contribution >= 4 is 24.8 Å². The molecule has 2 aliphatic heterocycles. The molecule has 0 aromatic heterocycles. The summed E-state index contributed by atoms with van der Waals surface area (Å²) in [6.45, 7) is 6.10. The molecule has 1 N–H and O–H groups in total. The summed E-state index contributed by atoms with van der Waals surface area (Å²) in [5, 5.41) is 11.6. The van der Waals surface area contributed by atoms with Gasteiger partial charge < -0.3 is 19.5 Å². The molecule has 0 bridgehead atoms. The van der Waals surface area contributed by atoms with Crippen LogP contribution in [-0.4, -0.2) is 78.8 Å². The summed E-state index contributed by atoms with van der Waals surface area (Å²) in [5.41, 5.74) is -0.164. The van der Waals surface area contributed by atoms with Crippen LogP contribution in [0.15, 0.2) is 24.3 Å². The fourth-order valence-corrected chi connectivity index (χ4v) is 5.69. The minimum atomic E-state index is -4.72. The highest BCUT2D eigenvalue weighted by molar-refractivity contribution is 5.85. The third-order valence-electron chi connectivity index (χ3n) is 7.42. The van der Waals surface area contributed by atoms with E-state index in [0.29, 0.717) is 25.4 Å². The van der Waals surface area contributed by atoms with E-state index in [9.17, 15) is 18.3 Å². The van der Waals surface area contributed by atoms with Crippen LogP contribution in [-0.2, 0) is 4.74 Å². The summed E-state index contributed by atoms with van der Waals surface area (Å²) in [4.78, 5) is 4.90. The van der Waals surface area contributed by atoms with Crippen molar-refractivity contribution in [3.8, 4) is 5.75 Å². The SMILES string of the molecule is Cl.Cl.OC1(C(CN2CCC(N3CCOCC3)CC2)c2cccc(OC(F)(F)F)c2)CCCCC1. The first-order chi connectivity index (χ1) is 15.3. The Morgan fingerprint density at radius 1 is 1.03 bits per heavy atom. The molecule has 196 valence electrons. The van der Waals surface area contributed by atoms with Crippen molar-refractivity contribution in [3.05, 3.63) is 29.8 Å². The number of aliphatic hydroxyl groups is 1. The molecule has 0 radical (unpaired) electrons. The molecule has 1 aromatic carbocycles. The van der Waals surface area contributed by atoms with Gasteiger partial charge in [-0.05, 0) is 56.5 Å². The molecule has 1 atom stereocenters. The molecule has 1 unspecified atom stereocenters. The van der Waals surface area contributed by atoms with Crippen LogP contribution < -0.4 is 4.74 Å². The molecule has 34 heavy (non-hydrogen) atoms. The molecule has 0 spiro atoms. The molecule has 5 nitrogen and oxygen atoms in total. The summed E-state index contributed by atoms with van der Waals surface area (Å²) in [6, 6.07) is 6.79. The van der Waals surface area contributed by atoms with Gasteiger partial charge in [-0.15, -0.1) is 38.0 Å². The number of nitrogens with zero attached hydrogens (tertiary/aromatic N) is 2. The molecule has 0 amide bonds. The standard InChI is InChI=1S/C24H35F3N2O3.2ClH/c25-24(26,27)32-21-6-4-5-19(17-21)22(23(30)9-2-1-3-10-23)18-28-11-7-20(8-12-28)29-13-15-31-16-14-29;;/h4-6,17,20,22,30H,1-3,7-16,18H2;2*1H. The Bertz CT molecular complexity index is 736. The third-order valence-corrected chi connectivity index (χ3v) is 7.42. The van der Waals surface area contributed by atoms with Crippen LogP contribution >= 0.6 is 24.8 Å². The highest BCUT2D eigenvalue weighted by Crippen LogP contribution is 2.42. The lowest BCUT2D eigenvalue weighted by molar-refractivity contribution is -0.274. The second kappa shape index (κ2) is 13.0. The zero-order chi connectivity index (χ0) is 22.6. The number of rotatable bonds is 6. The van der Waals surface area contributed by atoms with E-state index in [2.05, 4.69) is 14.5 Å². The van der Waals surface area contributed by atoms with Crippen molar-refractivity contribution in [1.29, 1.82) is 0 Å². The number of hydrogen-bond donors (Lipinski definition) is 1. The molecular formula is C24H37Cl2F3N2O3. The summed E-state index contributed by atoms with van der Waals surface area (Å²) in [5.74, 6) is -0.454. The topological polar surface area (TPSA) is 45.2 Å². The predicted molar refractivity (Wildman–Crippen MR) is 130 cm³/mol. The van der Waals surface area contributed by atoms with E-state index in [1.807, 2.05) is 6.07 Å². The van der Waals surface area contributed by atoms with Gasteiger partial charge in [-0.25, -0.2) is 0 Å². The first-order valence-electron chi connectivity index (χ1n) is 11.9. The quantitative estimate of drug-likeness (QED) is 0.562. The Labute approximate surface area is 212 Å². The molecule has 1 aliphatic carbocycles. The van der Waals surface area contributed by atoms with Gasteiger partial charge in [0, 0.05) is 31.6 Å². The molecule has 10 heteroatoms. The van der Waals surface area contributed by atoms with Crippen molar-refractivity contribution in [2.75, 3.05) is 45.9 Å². The van der Waals surface area contributed by atoms with Gasteiger partial charge in [-0.2, -0.15) is 0 Å². The zero-order valence-corrected chi connectivity index (χ0v) is 21.1. The maximum Gasteiger partial charge on any atom is 0.573 e. The Kier molecular flexibility index (Phi) is 11.2. The van der Waals surface area contributed by atoms with Crippen LogP contribution in [0.3, 0.4) is 0 Å². The maximum absolute atomic E-state index is 12.8. The van der Waals surface area contributed by atoms with E-state index >= 15 is 0 Å². The van der Waals surface area contributed by atoms with Crippen LogP contribution in [0.1, 0.15) is 56.4 Å². The molecule has 2 heterocycles. The first kappa shape index (κ1) is 29.5. The van der Waals surface area contributed by atoms with E-state index in [4.69, 9.17) is 4.74 Å². The van der Waals surface area contributed by atoms with Crippen molar-refractivity contribution in [1.82, 2.24) is 9.80 Å². The van der Waals surface area contributed by atoms with Crippen molar-refractivity contribution in [2.24, 2.45) is 0 Å². The lowest BCUT2D eigenvalue weighted by Crippen LogP contribution is -2.51. The number of piperidine rings is 1. The van der Waals surface area contributed by atoms with Crippen molar-refractivity contribution in [2.45, 2.75) is 68.9 Å². The molecule has 1 aromatic rings. The Hall–Kier alpha value is -0.770. The van der Waals surface area contributed by atoms with Gasteiger partial charge in [-0.3, -0.25) is 4.90 Å². The molecular weight excluding hydrogens is 492 g/mol. The molecule has 3 fully saturated rings. The summed E-state index contributed by atoms with van der Waals surface area (Å²) in [6.07, 6.45) is 1.79. The minimum Gasteiger partial charge on any atom is -0.406 e. The van der Waals surface area contributed by atoms with E-state index in [1.54, 1.807) is 6.07 Å². The normalized spacial score (nSPS) is 23.4. The number of hydrogen-bond acceptors (Lipinski definition) is 5. The minimum absolute atomic E-state index is 0. The Balaban J connectivity index is 0.00000204. The highest BCUT2D eigenvalue weighted by Gasteiger charge is 2.41. The van der Waals surface area contributed by atoms with Gasteiger partial charge in [0.25, 0.3) is 0 Å². The second-order valence-corrected chi connectivity index (χ2v) is 9.52. The maximum atomic E-state index is 12.8. The van der Waals surface area contributed by atoms with Crippen LogP contribution in [0.4, 0.5) is 13.2 Å². The van der Waals surface area contributed by atoms with Gasteiger partial charge in [0.05, 0.1) is 18.8 Å². The molecule has 2 saturated heterocycles. The van der Waals surface area contributed by atoms with Crippen molar-refractivity contribution in [3.63, 3.8) is 0 Å². The predicted octanol–water partition coefficient (Wildman–Crippen LogP) is 5.00. The van der Waals surface area contributed by atoms with Crippen LogP contribution in [0, 0.1) is 0 Å². The van der Waals surface area contributed by atoms with Gasteiger partial charge in [0.2, 0.25) is 0 Å². The highest BCUT2D eigenvalue weighted by atomic mass is 35.5. The number of morpholine rings is 1. The average Bonchev–Trinajstić information content (AvgIpc) is 2.78. The van der Waals surface area contributed by atoms with E-state index in [1.165, 1.54) is 12.1 Å². The lowest BCUT2D eigenvalue weighted by atomic mass is 9.72. The Morgan fingerprint density at radius 2 is 1.68 bits per heavy atom. The molecule has 3 aliphatic rings. The van der Waals surface area contributed by atoms with Crippen LogP contribution in [0.25, 0.3) is 0 Å². The van der Waals surface area contributed by atoms with Gasteiger partial charge in [0.1, 0.15) is 5.75 Å². The average molecular weight is 529 g/mol. The van der Waals surface area contributed by atoms with Crippen LogP contribution in [0.5, 0.6) is 5.75 Å². The number of halogens is 5. The van der Waals surface area contributed by atoms with E-state index < -0.39 is 12.0 Å². The second-order valence-electron chi connectivity index (χ2n) is 9.52. The summed E-state index contributed by atoms with van der Waals surface area (Å²) in [7, 11) is 0. The number of benzene rings is 1. The third kappa shape index (κ3) is 7.87.